The number of aryl methyl sites for hydroxylation is 1. The maximum Gasteiger partial charge on any atom is 0.266 e. The lowest BCUT2D eigenvalue weighted by Crippen LogP contribution is -2.30. The average Bonchev–Trinajstić information content (AvgIpc) is 2.86. The molecule has 7 heteroatoms. The second-order valence-corrected chi connectivity index (χ2v) is 5.56. The van der Waals surface area contributed by atoms with E-state index >= 15 is 0 Å². The van der Waals surface area contributed by atoms with Crippen LogP contribution < -0.4 is 10.1 Å². The summed E-state index contributed by atoms with van der Waals surface area (Å²) in [7, 11) is 0. The first-order valence-corrected chi connectivity index (χ1v) is 7.33. The molecule has 0 spiro atoms. The normalized spacial score (nSPS) is 11.9. The summed E-state index contributed by atoms with van der Waals surface area (Å²) in [5.74, 6) is 0.274. The van der Waals surface area contributed by atoms with Crippen molar-refractivity contribution in [3.63, 3.8) is 0 Å². The van der Waals surface area contributed by atoms with E-state index in [-0.39, 0.29) is 5.91 Å². The van der Waals surface area contributed by atoms with E-state index in [9.17, 15) is 4.79 Å². The molecule has 106 valence electrons. The SMILES string of the molecule is CCc1nnc(NC(=O)[C@@H](C)Oc2cccc(Cl)c2)s1. The molecular formula is C13H14ClN3O2S. The lowest BCUT2D eigenvalue weighted by atomic mass is 10.3. The Hall–Kier alpha value is -1.66. The molecule has 0 aliphatic rings. The summed E-state index contributed by atoms with van der Waals surface area (Å²) in [6, 6.07) is 6.91. The Labute approximate surface area is 125 Å². The Kier molecular flexibility index (Phi) is 4.92. The zero-order valence-electron chi connectivity index (χ0n) is 11.1. The third-order valence-corrected chi connectivity index (χ3v) is 3.70. The molecule has 0 unspecified atom stereocenters. The molecule has 1 heterocycles. The number of benzene rings is 1. The molecule has 0 aliphatic carbocycles. The van der Waals surface area contributed by atoms with E-state index < -0.39 is 6.10 Å². The van der Waals surface area contributed by atoms with Crippen molar-refractivity contribution in [2.45, 2.75) is 26.4 Å². The Balaban J connectivity index is 1.95. The summed E-state index contributed by atoms with van der Waals surface area (Å²) >= 11 is 7.22. The average molecular weight is 312 g/mol. The van der Waals surface area contributed by atoms with Gasteiger partial charge >= 0.3 is 0 Å². The molecule has 5 nitrogen and oxygen atoms in total. The molecule has 20 heavy (non-hydrogen) atoms. The predicted molar refractivity (Wildman–Crippen MR) is 79.5 cm³/mol. The number of hydrogen-bond donors (Lipinski definition) is 1. The van der Waals surface area contributed by atoms with Crippen molar-refractivity contribution in [1.29, 1.82) is 0 Å². The zero-order chi connectivity index (χ0) is 14.5. The number of ether oxygens (including phenoxy) is 1. The van der Waals surface area contributed by atoms with Crippen LogP contribution in [-0.4, -0.2) is 22.2 Å². The standard InChI is InChI=1S/C13H14ClN3O2S/c1-3-11-16-17-13(20-11)15-12(18)8(2)19-10-6-4-5-9(14)7-10/h4-8H,3H2,1-2H3,(H,15,17,18)/t8-/m1/s1. The summed E-state index contributed by atoms with van der Waals surface area (Å²) < 4.78 is 5.52. The second-order valence-electron chi connectivity index (χ2n) is 4.06. The molecule has 2 aromatic rings. The Morgan fingerprint density at radius 1 is 1.50 bits per heavy atom. The van der Waals surface area contributed by atoms with Gasteiger partial charge in [0.25, 0.3) is 5.91 Å². The van der Waals surface area contributed by atoms with Gasteiger partial charge in [0.1, 0.15) is 10.8 Å². The van der Waals surface area contributed by atoms with Crippen LogP contribution in [-0.2, 0) is 11.2 Å². The summed E-state index contributed by atoms with van der Waals surface area (Å²) in [6.07, 6.45) is 0.143. The highest BCUT2D eigenvalue weighted by Gasteiger charge is 2.16. The van der Waals surface area contributed by atoms with Crippen LogP contribution in [0, 0.1) is 0 Å². The third kappa shape index (κ3) is 3.91. The highest BCUT2D eigenvalue weighted by Crippen LogP contribution is 2.19. The van der Waals surface area contributed by atoms with Gasteiger partial charge in [0.05, 0.1) is 0 Å². The number of halogens is 1. The summed E-state index contributed by atoms with van der Waals surface area (Å²) in [4.78, 5) is 12.0. The van der Waals surface area contributed by atoms with Crippen molar-refractivity contribution in [2.75, 3.05) is 5.32 Å². The minimum Gasteiger partial charge on any atom is -0.481 e. The zero-order valence-corrected chi connectivity index (χ0v) is 12.7. The number of rotatable bonds is 5. The minimum atomic E-state index is -0.651. The fraction of sp³-hybridized carbons (Fsp3) is 0.308. The largest absolute Gasteiger partial charge is 0.481 e. The molecular weight excluding hydrogens is 298 g/mol. The number of aromatic nitrogens is 2. The lowest BCUT2D eigenvalue weighted by Gasteiger charge is -2.13. The van der Waals surface area contributed by atoms with E-state index in [1.54, 1.807) is 31.2 Å². The molecule has 0 saturated carbocycles. The van der Waals surface area contributed by atoms with Crippen LogP contribution in [0.3, 0.4) is 0 Å². The molecule has 0 aliphatic heterocycles. The van der Waals surface area contributed by atoms with Gasteiger partial charge in [-0.3, -0.25) is 10.1 Å². The molecule has 2 rings (SSSR count). The van der Waals surface area contributed by atoms with Crippen LogP contribution in [0.5, 0.6) is 5.75 Å². The van der Waals surface area contributed by atoms with Gasteiger partial charge in [-0.25, -0.2) is 0 Å². The molecule has 1 atom stereocenters. The van der Waals surface area contributed by atoms with Gasteiger partial charge in [0.15, 0.2) is 6.10 Å². The van der Waals surface area contributed by atoms with Gasteiger partial charge in [-0.1, -0.05) is 35.9 Å². The maximum atomic E-state index is 12.0. The Bertz CT molecular complexity index is 603. The number of carbonyl (C=O) groups is 1. The third-order valence-electron chi connectivity index (χ3n) is 2.48. The van der Waals surface area contributed by atoms with Gasteiger partial charge in [-0.05, 0) is 31.5 Å². The summed E-state index contributed by atoms with van der Waals surface area (Å²) in [5.41, 5.74) is 0. The highest BCUT2D eigenvalue weighted by molar-refractivity contribution is 7.15. The molecule has 0 radical (unpaired) electrons. The minimum absolute atomic E-state index is 0.274. The van der Waals surface area contributed by atoms with Crippen molar-refractivity contribution in [2.24, 2.45) is 0 Å². The van der Waals surface area contributed by atoms with Crippen LogP contribution in [0.15, 0.2) is 24.3 Å². The molecule has 1 aromatic heterocycles. The summed E-state index contributed by atoms with van der Waals surface area (Å²) in [6.45, 7) is 3.65. The summed E-state index contributed by atoms with van der Waals surface area (Å²) in [5, 5.41) is 12.4. The number of amides is 1. The Morgan fingerprint density at radius 2 is 2.30 bits per heavy atom. The van der Waals surface area contributed by atoms with Crippen molar-refractivity contribution >= 4 is 34.0 Å². The topological polar surface area (TPSA) is 64.1 Å². The number of carbonyl (C=O) groups excluding carboxylic acids is 1. The fourth-order valence-electron chi connectivity index (χ4n) is 1.45. The second kappa shape index (κ2) is 6.67. The van der Waals surface area contributed by atoms with E-state index in [2.05, 4.69) is 15.5 Å². The number of nitrogens with zero attached hydrogens (tertiary/aromatic N) is 2. The van der Waals surface area contributed by atoms with Gasteiger partial charge in [-0.2, -0.15) is 0 Å². The van der Waals surface area contributed by atoms with Gasteiger partial charge in [0, 0.05) is 5.02 Å². The molecule has 0 saturated heterocycles. The Morgan fingerprint density at radius 3 is 2.95 bits per heavy atom. The van der Waals surface area contributed by atoms with Crippen LogP contribution in [0.4, 0.5) is 5.13 Å². The molecule has 0 bridgehead atoms. The quantitative estimate of drug-likeness (QED) is 0.921. The molecule has 1 amide bonds. The maximum absolute atomic E-state index is 12.0. The van der Waals surface area contributed by atoms with E-state index in [4.69, 9.17) is 16.3 Å². The first-order valence-electron chi connectivity index (χ1n) is 6.14. The van der Waals surface area contributed by atoms with Crippen molar-refractivity contribution in [3.8, 4) is 5.75 Å². The molecule has 0 fully saturated rings. The molecule has 1 N–H and O–H groups in total. The van der Waals surface area contributed by atoms with Crippen molar-refractivity contribution in [3.05, 3.63) is 34.3 Å². The predicted octanol–water partition coefficient (Wildman–Crippen LogP) is 3.16. The number of nitrogens with one attached hydrogen (secondary N) is 1. The first-order chi connectivity index (χ1) is 9.58. The van der Waals surface area contributed by atoms with E-state index in [1.807, 2.05) is 6.92 Å². The van der Waals surface area contributed by atoms with Crippen LogP contribution in [0.25, 0.3) is 0 Å². The fourth-order valence-corrected chi connectivity index (χ4v) is 2.31. The lowest BCUT2D eigenvalue weighted by molar-refractivity contribution is -0.122. The van der Waals surface area contributed by atoms with Gasteiger partial charge in [0.2, 0.25) is 5.13 Å². The van der Waals surface area contributed by atoms with E-state index in [0.29, 0.717) is 15.9 Å². The van der Waals surface area contributed by atoms with Crippen LogP contribution in [0.1, 0.15) is 18.9 Å². The first kappa shape index (κ1) is 14.7. The van der Waals surface area contributed by atoms with Crippen LogP contribution in [0.2, 0.25) is 5.02 Å². The molecule has 1 aromatic carbocycles. The smallest absolute Gasteiger partial charge is 0.266 e. The van der Waals surface area contributed by atoms with Gasteiger partial charge in [-0.15, -0.1) is 10.2 Å². The monoisotopic (exact) mass is 311 g/mol. The number of anilines is 1. The van der Waals surface area contributed by atoms with E-state index in [1.165, 1.54) is 11.3 Å². The van der Waals surface area contributed by atoms with Crippen LogP contribution >= 0.6 is 22.9 Å². The van der Waals surface area contributed by atoms with Gasteiger partial charge < -0.3 is 4.74 Å². The van der Waals surface area contributed by atoms with Crippen molar-refractivity contribution in [1.82, 2.24) is 10.2 Å². The highest BCUT2D eigenvalue weighted by atomic mass is 35.5. The number of hydrogen-bond acceptors (Lipinski definition) is 5. The van der Waals surface area contributed by atoms with E-state index in [0.717, 1.165) is 11.4 Å². The van der Waals surface area contributed by atoms with Crippen molar-refractivity contribution < 1.29 is 9.53 Å².